The third-order valence-corrected chi connectivity index (χ3v) is 3.90. The highest BCUT2D eigenvalue weighted by Crippen LogP contribution is 2.38. The molecule has 0 bridgehead atoms. The highest BCUT2D eigenvalue weighted by molar-refractivity contribution is 5.73. The van der Waals surface area contributed by atoms with Crippen LogP contribution >= 0.6 is 0 Å². The van der Waals surface area contributed by atoms with Crippen LogP contribution in [0.5, 0.6) is 5.88 Å². The van der Waals surface area contributed by atoms with Gasteiger partial charge in [-0.05, 0) is 36.4 Å². The largest absolute Gasteiger partial charge is 0.469 e. The van der Waals surface area contributed by atoms with Crippen molar-refractivity contribution in [3.63, 3.8) is 0 Å². The highest BCUT2D eigenvalue weighted by Gasteiger charge is 2.32. The molecule has 1 aliphatic heterocycles. The van der Waals surface area contributed by atoms with Crippen molar-refractivity contribution in [1.82, 2.24) is 10.3 Å². The summed E-state index contributed by atoms with van der Waals surface area (Å²) in [7, 11) is 0. The number of anilines is 3. The van der Waals surface area contributed by atoms with Crippen LogP contribution < -0.4 is 20.7 Å². The summed E-state index contributed by atoms with van der Waals surface area (Å²) in [5, 5.41) is 2.66. The Morgan fingerprint density at radius 2 is 2.00 bits per heavy atom. The third-order valence-electron chi connectivity index (χ3n) is 3.90. The molecule has 1 aromatic heterocycles. The minimum absolute atomic E-state index is 0.207. The summed E-state index contributed by atoms with van der Waals surface area (Å²) in [4.78, 5) is 17.1. The number of carbonyl (C=O) groups excluding carboxylic acids is 1. The van der Waals surface area contributed by atoms with Crippen LogP contribution in [0.15, 0.2) is 36.4 Å². The van der Waals surface area contributed by atoms with E-state index in [1.165, 1.54) is 19.1 Å². The fourth-order valence-corrected chi connectivity index (χ4v) is 2.68. The number of alkyl halides is 3. The van der Waals surface area contributed by atoms with Crippen LogP contribution in [0.3, 0.4) is 0 Å². The van der Waals surface area contributed by atoms with Gasteiger partial charge in [-0.2, -0.15) is 18.2 Å². The van der Waals surface area contributed by atoms with Crippen LogP contribution in [0.2, 0.25) is 0 Å². The SMILES string of the molecule is CC(=O)NCC1CN(c2ccc(C(F)(F)F)cc2)c2ccc(N)nc2O1. The van der Waals surface area contributed by atoms with Gasteiger partial charge in [0.25, 0.3) is 0 Å². The van der Waals surface area contributed by atoms with Gasteiger partial charge in [0.2, 0.25) is 11.8 Å². The number of rotatable bonds is 3. The number of fused-ring (bicyclic) bond motifs is 1. The van der Waals surface area contributed by atoms with E-state index in [0.717, 1.165) is 12.1 Å². The van der Waals surface area contributed by atoms with E-state index in [9.17, 15) is 18.0 Å². The molecule has 1 aliphatic rings. The zero-order chi connectivity index (χ0) is 18.9. The van der Waals surface area contributed by atoms with Crippen LogP contribution in [0.4, 0.5) is 30.4 Å². The minimum atomic E-state index is -4.40. The lowest BCUT2D eigenvalue weighted by Gasteiger charge is -2.35. The second-order valence-electron chi connectivity index (χ2n) is 5.89. The number of nitrogens with two attached hydrogens (primary N) is 1. The van der Waals surface area contributed by atoms with Gasteiger partial charge in [0.15, 0.2) is 0 Å². The predicted molar refractivity (Wildman–Crippen MR) is 90.2 cm³/mol. The molecule has 0 saturated heterocycles. The van der Waals surface area contributed by atoms with Crippen LogP contribution in [-0.4, -0.2) is 30.1 Å². The molecule has 9 heteroatoms. The van der Waals surface area contributed by atoms with Crippen molar-refractivity contribution in [2.24, 2.45) is 0 Å². The first-order valence-corrected chi connectivity index (χ1v) is 7.86. The van der Waals surface area contributed by atoms with Crippen molar-refractivity contribution in [2.45, 2.75) is 19.2 Å². The van der Waals surface area contributed by atoms with Crippen molar-refractivity contribution in [3.05, 3.63) is 42.0 Å². The Bertz CT molecular complexity index is 809. The van der Waals surface area contributed by atoms with E-state index in [2.05, 4.69) is 10.3 Å². The second kappa shape index (κ2) is 6.74. The molecule has 1 unspecified atom stereocenters. The van der Waals surface area contributed by atoms with Gasteiger partial charge >= 0.3 is 6.18 Å². The standard InChI is InChI=1S/C17H17F3N4O2/c1-10(25)22-8-13-9-24(14-6-7-15(21)23-16(14)26-13)12-4-2-11(3-5-12)17(18,19)20/h2-7,13H,8-9H2,1H3,(H2,21,23)(H,22,25). The van der Waals surface area contributed by atoms with E-state index >= 15 is 0 Å². The van der Waals surface area contributed by atoms with E-state index < -0.39 is 17.8 Å². The zero-order valence-corrected chi connectivity index (χ0v) is 13.9. The minimum Gasteiger partial charge on any atom is -0.469 e. The molecule has 0 fully saturated rings. The Kier molecular flexibility index (Phi) is 4.62. The molecule has 138 valence electrons. The van der Waals surface area contributed by atoms with Gasteiger partial charge in [0, 0.05) is 12.6 Å². The summed E-state index contributed by atoms with van der Waals surface area (Å²) in [5.74, 6) is 0.323. The number of carbonyl (C=O) groups is 1. The smallest absolute Gasteiger partial charge is 0.416 e. The number of pyridine rings is 1. The maximum Gasteiger partial charge on any atom is 0.416 e. The first-order valence-electron chi connectivity index (χ1n) is 7.86. The van der Waals surface area contributed by atoms with E-state index in [-0.39, 0.29) is 24.1 Å². The first kappa shape index (κ1) is 17.8. The van der Waals surface area contributed by atoms with Crippen LogP contribution in [-0.2, 0) is 11.0 Å². The molecule has 0 spiro atoms. The third kappa shape index (κ3) is 3.81. The summed E-state index contributed by atoms with van der Waals surface area (Å²) in [5.41, 5.74) is 6.13. The summed E-state index contributed by atoms with van der Waals surface area (Å²) in [6, 6.07) is 8.13. The van der Waals surface area contributed by atoms with Gasteiger partial charge in [-0.1, -0.05) is 0 Å². The number of benzene rings is 1. The number of nitrogens with zero attached hydrogens (tertiary/aromatic N) is 2. The number of aromatic nitrogens is 1. The Morgan fingerprint density at radius 1 is 1.31 bits per heavy atom. The fraction of sp³-hybridized carbons (Fsp3) is 0.294. The lowest BCUT2D eigenvalue weighted by molar-refractivity contribution is -0.137. The molecule has 2 aromatic rings. The van der Waals surface area contributed by atoms with Crippen molar-refractivity contribution in [3.8, 4) is 5.88 Å². The Balaban J connectivity index is 1.92. The summed E-state index contributed by atoms with van der Waals surface area (Å²) in [6.07, 6.45) is -4.83. The second-order valence-corrected chi connectivity index (χ2v) is 5.89. The number of nitrogen functional groups attached to an aromatic ring is 1. The molecule has 1 atom stereocenters. The monoisotopic (exact) mass is 366 g/mol. The van der Waals surface area contributed by atoms with Crippen molar-refractivity contribution >= 4 is 23.1 Å². The molecule has 0 radical (unpaired) electrons. The maximum absolute atomic E-state index is 12.8. The van der Waals surface area contributed by atoms with Crippen LogP contribution in [0, 0.1) is 0 Å². The Morgan fingerprint density at radius 3 is 2.62 bits per heavy atom. The highest BCUT2D eigenvalue weighted by atomic mass is 19.4. The van der Waals surface area contributed by atoms with Gasteiger partial charge in [0.05, 0.1) is 18.7 Å². The van der Waals surface area contributed by atoms with Crippen LogP contribution in [0.1, 0.15) is 12.5 Å². The van der Waals surface area contributed by atoms with Gasteiger partial charge < -0.3 is 20.7 Å². The molecule has 26 heavy (non-hydrogen) atoms. The van der Waals surface area contributed by atoms with Gasteiger partial charge in [-0.25, -0.2) is 0 Å². The molecule has 6 nitrogen and oxygen atoms in total. The molecule has 0 aliphatic carbocycles. The number of amides is 1. The summed E-state index contributed by atoms with van der Waals surface area (Å²) < 4.78 is 44.1. The molecule has 3 rings (SSSR count). The zero-order valence-electron chi connectivity index (χ0n) is 13.9. The maximum atomic E-state index is 12.8. The van der Waals surface area contributed by atoms with Gasteiger partial charge in [-0.15, -0.1) is 0 Å². The van der Waals surface area contributed by atoms with E-state index in [1.807, 2.05) is 0 Å². The van der Waals surface area contributed by atoms with Crippen molar-refractivity contribution in [2.75, 3.05) is 23.7 Å². The average Bonchev–Trinajstić information content (AvgIpc) is 2.58. The van der Waals surface area contributed by atoms with E-state index in [1.54, 1.807) is 17.0 Å². The van der Waals surface area contributed by atoms with Crippen molar-refractivity contribution in [1.29, 1.82) is 0 Å². The lowest BCUT2D eigenvalue weighted by Crippen LogP contribution is -2.44. The number of hydrogen-bond donors (Lipinski definition) is 2. The molecular weight excluding hydrogens is 349 g/mol. The normalized spacial score (nSPS) is 16.6. The van der Waals surface area contributed by atoms with Crippen molar-refractivity contribution < 1.29 is 22.7 Å². The first-order chi connectivity index (χ1) is 12.2. The number of hydrogen-bond acceptors (Lipinski definition) is 5. The van der Waals surface area contributed by atoms with Gasteiger partial charge in [-0.3, -0.25) is 4.79 Å². The lowest BCUT2D eigenvalue weighted by atomic mass is 10.1. The Labute approximate surface area is 147 Å². The topological polar surface area (TPSA) is 80.5 Å². The summed E-state index contributed by atoms with van der Waals surface area (Å²) in [6.45, 7) is 1.97. The molecule has 1 aromatic carbocycles. The number of nitrogens with one attached hydrogen (secondary N) is 1. The number of ether oxygens (including phenoxy) is 1. The van der Waals surface area contributed by atoms with Gasteiger partial charge in [0.1, 0.15) is 17.6 Å². The van der Waals surface area contributed by atoms with Crippen LogP contribution in [0.25, 0.3) is 0 Å². The predicted octanol–water partition coefficient (Wildman–Crippen LogP) is 2.72. The van der Waals surface area contributed by atoms with E-state index in [0.29, 0.717) is 17.9 Å². The fourth-order valence-electron chi connectivity index (χ4n) is 2.68. The molecule has 2 heterocycles. The molecule has 1 amide bonds. The molecule has 3 N–H and O–H groups in total. The molecule has 0 saturated carbocycles. The quantitative estimate of drug-likeness (QED) is 0.873. The molecular formula is C17H17F3N4O2. The average molecular weight is 366 g/mol. The Hall–Kier alpha value is -2.97. The summed E-state index contributed by atoms with van der Waals surface area (Å²) >= 11 is 0. The van der Waals surface area contributed by atoms with E-state index in [4.69, 9.17) is 10.5 Å². The number of halogens is 3.